The number of hydrogen-bond donors (Lipinski definition) is 2. The summed E-state index contributed by atoms with van der Waals surface area (Å²) in [7, 11) is 0. The molecule has 2 aromatic carbocycles. The van der Waals surface area contributed by atoms with E-state index in [1.54, 1.807) is 0 Å². The summed E-state index contributed by atoms with van der Waals surface area (Å²) >= 11 is 0. The van der Waals surface area contributed by atoms with E-state index in [1.807, 2.05) is 53.4 Å². The summed E-state index contributed by atoms with van der Waals surface area (Å²) in [6.07, 6.45) is 3.76. The highest BCUT2D eigenvalue weighted by atomic mass is 16.5. The molecule has 2 aromatic rings. The van der Waals surface area contributed by atoms with Gasteiger partial charge in [-0.05, 0) is 76.5 Å². The summed E-state index contributed by atoms with van der Waals surface area (Å²) in [5, 5.41) is 6.66. The second-order valence-electron chi connectivity index (χ2n) is 9.85. The van der Waals surface area contributed by atoms with E-state index in [9.17, 15) is 9.59 Å². The lowest BCUT2D eigenvalue weighted by Gasteiger charge is -2.29. The van der Waals surface area contributed by atoms with E-state index < -0.39 is 0 Å². The first-order valence-corrected chi connectivity index (χ1v) is 13.4. The average molecular weight is 493 g/mol. The van der Waals surface area contributed by atoms with Gasteiger partial charge in [0.05, 0.1) is 6.10 Å². The predicted molar refractivity (Wildman–Crippen MR) is 143 cm³/mol. The Morgan fingerprint density at radius 3 is 2.72 bits per heavy atom. The molecular weight excluding hydrogens is 452 g/mol. The Bertz CT molecular complexity index is 1030. The van der Waals surface area contributed by atoms with E-state index in [0.29, 0.717) is 12.1 Å². The highest BCUT2D eigenvalue weighted by Gasteiger charge is 2.38. The molecule has 2 aliphatic rings. The molecule has 2 N–H and O–H groups in total. The third-order valence-corrected chi connectivity index (χ3v) is 7.29. The minimum atomic E-state index is -0.296. The molecule has 2 aliphatic heterocycles. The number of amides is 2. The third-order valence-electron chi connectivity index (χ3n) is 7.29. The summed E-state index contributed by atoms with van der Waals surface area (Å²) in [5.41, 5.74) is 3.10. The number of anilines is 1. The van der Waals surface area contributed by atoms with E-state index >= 15 is 0 Å². The van der Waals surface area contributed by atoms with Crippen molar-refractivity contribution in [2.75, 3.05) is 38.1 Å². The quantitative estimate of drug-likeness (QED) is 0.450. The van der Waals surface area contributed by atoms with Crippen LogP contribution in [0.15, 0.2) is 48.5 Å². The van der Waals surface area contributed by atoms with Gasteiger partial charge in [0.15, 0.2) is 0 Å². The molecule has 4 rings (SSSR count). The van der Waals surface area contributed by atoms with Gasteiger partial charge in [0.2, 0.25) is 0 Å². The minimum Gasteiger partial charge on any atom is -0.376 e. The van der Waals surface area contributed by atoms with Crippen molar-refractivity contribution in [1.82, 2.24) is 15.1 Å². The number of nitrogens with one attached hydrogen (secondary N) is 2. The van der Waals surface area contributed by atoms with Gasteiger partial charge >= 0.3 is 0 Å². The van der Waals surface area contributed by atoms with Crippen LogP contribution in [-0.4, -0.2) is 66.5 Å². The van der Waals surface area contributed by atoms with Crippen molar-refractivity contribution in [3.63, 3.8) is 0 Å². The Morgan fingerprint density at radius 1 is 1.17 bits per heavy atom. The molecule has 7 nitrogen and oxygen atoms in total. The van der Waals surface area contributed by atoms with Gasteiger partial charge in [0.1, 0.15) is 6.17 Å². The third kappa shape index (κ3) is 6.26. The van der Waals surface area contributed by atoms with Gasteiger partial charge in [-0.3, -0.25) is 9.59 Å². The molecule has 0 aliphatic carbocycles. The summed E-state index contributed by atoms with van der Waals surface area (Å²) in [6, 6.07) is 15.4. The molecule has 2 amide bonds. The Labute approximate surface area is 215 Å². The van der Waals surface area contributed by atoms with Crippen molar-refractivity contribution in [2.45, 2.75) is 64.8 Å². The largest absolute Gasteiger partial charge is 0.376 e. The fraction of sp³-hybridized carbons (Fsp3) is 0.517. The lowest BCUT2D eigenvalue weighted by molar-refractivity contribution is 0.0488. The molecule has 0 spiro atoms. The number of nitrogens with zero attached hydrogens (tertiary/aromatic N) is 2. The monoisotopic (exact) mass is 492 g/mol. The number of hydrogen-bond acceptors (Lipinski definition) is 5. The van der Waals surface area contributed by atoms with Crippen LogP contribution < -0.4 is 10.6 Å². The molecule has 1 fully saturated rings. The molecule has 3 unspecified atom stereocenters. The Morgan fingerprint density at radius 2 is 1.97 bits per heavy atom. The van der Waals surface area contributed by atoms with E-state index in [0.717, 1.165) is 68.7 Å². The number of benzene rings is 2. The van der Waals surface area contributed by atoms with Gasteiger partial charge in [-0.1, -0.05) is 38.1 Å². The van der Waals surface area contributed by atoms with Gasteiger partial charge in [0, 0.05) is 41.6 Å². The smallest absolute Gasteiger partial charge is 0.256 e. The fourth-order valence-electron chi connectivity index (χ4n) is 5.17. The first kappa shape index (κ1) is 26.2. The number of carbonyl (C=O) groups excluding carboxylic acids is 2. The van der Waals surface area contributed by atoms with Crippen molar-refractivity contribution in [3.05, 3.63) is 65.2 Å². The Balaban J connectivity index is 1.41. The summed E-state index contributed by atoms with van der Waals surface area (Å²) in [5.74, 6) is -0.0564. The van der Waals surface area contributed by atoms with Crippen LogP contribution in [-0.2, 0) is 4.74 Å². The van der Waals surface area contributed by atoms with E-state index in [4.69, 9.17) is 4.74 Å². The van der Waals surface area contributed by atoms with E-state index in [-0.39, 0.29) is 30.1 Å². The van der Waals surface area contributed by atoms with Gasteiger partial charge in [-0.25, -0.2) is 0 Å². The zero-order chi connectivity index (χ0) is 25.5. The SMILES string of the molecule is CCN(CC)CCCC(C)NC(=O)c1cccc(NC2c3ccccc3C(=O)N2CC2CCCO2)c1. The standard InChI is InChI=1S/C29H40N4O3/c1-4-32(5-2)17-9-11-21(3)30-28(34)22-12-8-13-23(19-22)31-27-25-15-6-7-16-26(25)29(35)33(27)20-24-14-10-18-36-24/h6-8,12-13,15-16,19,21,24,27,31H,4-5,9-11,14,17-18,20H2,1-3H3,(H,30,34). The molecule has 7 heteroatoms. The number of ether oxygens (including phenoxy) is 1. The van der Waals surface area contributed by atoms with Crippen LogP contribution in [0.5, 0.6) is 0 Å². The zero-order valence-electron chi connectivity index (χ0n) is 21.8. The molecule has 194 valence electrons. The molecule has 0 radical (unpaired) electrons. The van der Waals surface area contributed by atoms with Crippen LogP contribution in [0.1, 0.15) is 78.9 Å². The highest BCUT2D eigenvalue weighted by Crippen LogP contribution is 2.35. The topological polar surface area (TPSA) is 73.9 Å². The van der Waals surface area contributed by atoms with E-state index in [2.05, 4.69) is 36.3 Å². The maximum absolute atomic E-state index is 13.2. The van der Waals surface area contributed by atoms with Gasteiger partial charge in [-0.2, -0.15) is 0 Å². The summed E-state index contributed by atoms with van der Waals surface area (Å²) in [4.78, 5) is 30.4. The first-order valence-electron chi connectivity index (χ1n) is 13.4. The molecule has 1 saturated heterocycles. The molecular formula is C29H40N4O3. The van der Waals surface area contributed by atoms with Crippen molar-refractivity contribution < 1.29 is 14.3 Å². The highest BCUT2D eigenvalue weighted by molar-refractivity contribution is 5.99. The number of rotatable bonds is 12. The molecule has 0 bridgehead atoms. The number of carbonyl (C=O) groups is 2. The predicted octanol–water partition coefficient (Wildman–Crippen LogP) is 4.67. The van der Waals surface area contributed by atoms with Crippen LogP contribution in [0.4, 0.5) is 5.69 Å². The lowest BCUT2D eigenvalue weighted by atomic mass is 10.1. The van der Waals surface area contributed by atoms with Gasteiger partial charge in [-0.15, -0.1) is 0 Å². The maximum atomic E-state index is 13.2. The zero-order valence-corrected chi connectivity index (χ0v) is 21.8. The van der Waals surface area contributed by atoms with Crippen LogP contribution >= 0.6 is 0 Å². The van der Waals surface area contributed by atoms with Gasteiger partial charge < -0.3 is 25.2 Å². The van der Waals surface area contributed by atoms with Crippen molar-refractivity contribution >= 4 is 17.5 Å². The van der Waals surface area contributed by atoms with Crippen LogP contribution in [0.25, 0.3) is 0 Å². The minimum absolute atomic E-state index is 0.0195. The van der Waals surface area contributed by atoms with Crippen LogP contribution in [0, 0.1) is 0 Å². The fourth-order valence-corrected chi connectivity index (χ4v) is 5.17. The molecule has 0 aromatic heterocycles. The van der Waals surface area contributed by atoms with Crippen molar-refractivity contribution in [3.8, 4) is 0 Å². The maximum Gasteiger partial charge on any atom is 0.256 e. The molecule has 36 heavy (non-hydrogen) atoms. The average Bonchev–Trinajstić information content (AvgIpc) is 3.50. The number of fused-ring (bicyclic) bond motifs is 1. The van der Waals surface area contributed by atoms with Crippen molar-refractivity contribution in [1.29, 1.82) is 0 Å². The summed E-state index contributed by atoms with van der Waals surface area (Å²) < 4.78 is 5.82. The van der Waals surface area contributed by atoms with Gasteiger partial charge in [0.25, 0.3) is 11.8 Å². The Kier molecular flexibility index (Phi) is 8.99. The summed E-state index contributed by atoms with van der Waals surface area (Å²) in [6.45, 7) is 10.9. The molecule has 0 saturated carbocycles. The van der Waals surface area contributed by atoms with Crippen molar-refractivity contribution in [2.24, 2.45) is 0 Å². The van der Waals surface area contributed by atoms with Crippen LogP contribution in [0.3, 0.4) is 0 Å². The van der Waals surface area contributed by atoms with Crippen LogP contribution in [0.2, 0.25) is 0 Å². The normalized spacial score (nSPS) is 20.0. The first-order chi connectivity index (χ1) is 17.5. The second-order valence-corrected chi connectivity index (χ2v) is 9.85. The second kappa shape index (κ2) is 12.4. The molecule has 3 atom stereocenters. The Hall–Kier alpha value is -2.90. The lowest BCUT2D eigenvalue weighted by Crippen LogP contribution is -2.38. The van der Waals surface area contributed by atoms with E-state index in [1.165, 1.54) is 0 Å². The molecule has 2 heterocycles.